The van der Waals surface area contributed by atoms with Crippen LogP contribution in [0.2, 0.25) is 0 Å². The van der Waals surface area contributed by atoms with E-state index in [-0.39, 0.29) is 11.5 Å². The van der Waals surface area contributed by atoms with Gasteiger partial charge in [-0.15, -0.1) is 0 Å². The molecule has 1 saturated carbocycles. The molecule has 0 N–H and O–H groups in total. The number of amides is 1. The third kappa shape index (κ3) is 4.60. The predicted octanol–water partition coefficient (Wildman–Crippen LogP) is 2.84. The minimum absolute atomic E-state index is 0.137. The van der Waals surface area contributed by atoms with Crippen LogP contribution < -0.4 is 0 Å². The Kier molecular flexibility index (Phi) is 5.19. The van der Waals surface area contributed by atoms with Gasteiger partial charge in [0.2, 0.25) is 11.8 Å². The number of carbonyl (C=O) groups excluding carboxylic acids is 1. The van der Waals surface area contributed by atoms with Crippen LogP contribution in [0.1, 0.15) is 65.6 Å². The molecule has 25 heavy (non-hydrogen) atoms. The van der Waals surface area contributed by atoms with E-state index < -0.39 is 0 Å². The third-order valence-electron chi connectivity index (χ3n) is 5.20. The topological polar surface area (TPSA) is 62.5 Å². The molecule has 6 heteroatoms. The highest BCUT2D eigenvalue weighted by Gasteiger charge is 2.35. The molecule has 1 saturated heterocycles. The lowest BCUT2D eigenvalue weighted by atomic mass is 9.97. The van der Waals surface area contributed by atoms with E-state index in [9.17, 15) is 4.79 Å². The Morgan fingerprint density at radius 2 is 2.00 bits per heavy atom. The zero-order valence-electron chi connectivity index (χ0n) is 16.3. The summed E-state index contributed by atoms with van der Waals surface area (Å²) in [5, 5.41) is 4.15. The minimum Gasteiger partial charge on any atom is -0.339 e. The van der Waals surface area contributed by atoms with Gasteiger partial charge in [0.15, 0.2) is 5.82 Å². The molecular weight excluding hydrogens is 316 g/mol. The van der Waals surface area contributed by atoms with Crippen LogP contribution >= 0.6 is 0 Å². The van der Waals surface area contributed by atoms with Gasteiger partial charge in [0.1, 0.15) is 0 Å². The average molecular weight is 348 g/mol. The Labute approximate surface area is 150 Å². The molecule has 0 radical (unpaired) electrons. The van der Waals surface area contributed by atoms with Gasteiger partial charge in [0, 0.05) is 37.5 Å². The van der Waals surface area contributed by atoms with Gasteiger partial charge in [-0.2, -0.15) is 4.98 Å². The van der Waals surface area contributed by atoms with Gasteiger partial charge in [-0.3, -0.25) is 9.69 Å². The van der Waals surface area contributed by atoms with Crippen molar-refractivity contribution >= 4 is 5.91 Å². The second kappa shape index (κ2) is 7.06. The van der Waals surface area contributed by atoms with E-state index >= 15 is 0 Å². The Hall–Kier alpha value is -1.43. The van der Waals surface area contributed by atoms with Crippen LogP contribution in [0.4, 0.5) is 0 Å². The Bertz CT molecular complexity index is 601. The number of carbonyl (C=O) groups is 1. The van der Waals surface area contributed by atoms with E-state index in [2.05, 4.69) is 54.6 Å². The van der Waals surface area contributed by atoms with Crippen LogP contribution in [0.25, 0.3) is 0 Å². The highest BCUT2D eigenvalue weighted by Crippen LogP contribution is 2.32. The second-order valence-electron chi connectivity index (χ2n) is 9.05. The molecular formula is C19H32N4O2. The summed E-state index contributed by atoms with van der Waals surface area (Å²) in [5.74, 6) is 2.86. The average Bonchev–Trinajstić information content (AvgIpc) is 3.23. The summed E-state index contributed by atoms with van der Waals surface area (Å²) in [6.07, 6.45) is 3.13. The number of nitrogens with zero attached hydrogens (tertiary/aromatic N) is 4. The second-order valence-corrected chi connectivity index (χ2v) is 9.05. The van der Waals surface area contributed by atoms with E-state index in [0.29, 0.717) is 30.7 Å². The maximum atomic E-state index is 12.7. The molecule has 1 aliphatic heterocycles. The van der Waals surface area contributed by atoms with Crippen LogP contribution in [-0.4, -0.2) is 51.5 Å². The summed E-state index contributed by atoms with van der Waals surface area (Å²) in [6.45, 7) is 13.9. The molecule has 2 heterocycles. The molecule has 1 atom stereocenters. The summed E-state index contributed by atoms with van der Waals surface area (Å²) in [7, 11) is 0. The van der Waals surface area contributed by atoms with Gasteiger partial charge in [0.05, 0.1) is 6.54 Å². The first-order chi connectivity index (χ1) is 11.7. The number of hydrogen-bond acceptors (Lipinski definition) is 5. The zero-order chi connectivity index (χ0) is 18.2. The number of aromatic nitrogens is 2. The van der Waals surface area contributed by atoms with Gasteiger partial charge >= 0.3 is 0 Å². The fraction of sp³-hybridized carbons (Fsp3) is 0.842. The maximum absolute atomic E-state index is 12.7. The zero-order valence-corrected chi connectivity index (χ0v) is 16.3. The molecule has 2 aliphatic rings. The molecule has 0 aromatic carbocycles. The molecule has 140 valence electrons. The number of hydrogen-bond donors (Lipinski definition) is 0. The maximum Gasteiger partial charge on any atom is 0.232 e. The first kappa shape index (κ1) is 18.4. The van der Waals surface area contributed by atoms with E-state index in [4.69, 9.17) is 4.52 Å². The molecule has 0 spiro atoms. The van der Waals surface area contributed by atoms with Crippen molar-refractivity contribution < 1.29 is 9.32 Å². The van der Waals surface area contributed by atoms with Crippen molar-refractivity contribution in [2.24, 2.45) is 11.8 Å². The van der Waals surface area contributed by atoms with Crippen LogP contribution in [0.5, 0.6) is 0 Å². The molecule has 1 unspecified atom stereocenters. The van der Waals surface area contributed by atoms with Gasteiger partial charge < -0.3 is 9.42 Å². The lowest BCUT2D eigenvalue weighted by Gasteiger charge is -2.34. The molecule has 6 nitrogen and oxygen atoms in total. The largest absolute Gasteiger partial charge is 0.339 e. The van der Waals surface area contributed by atoms with Crippen molar-refractivity contribution in [1.82, 2.24) is 19.9 Å². The van der Waals surface area contributed by atoms with Gasteiger partial charge in [-0.1, -0.05) is 39.8 Å². The van der Waals surface area contributed by atoms with Crippen molar-refractivity contribution in [3.8, 4) is 0 Å². The highest BCUT2D eigenvalue weighted by molar-refractivity contribution is 5.77. The molecule has 1 aliphatic carbocycles. The Morgan fingerprint density at radius 3 is 2.56 bits per heavy atom. The van der Waals surface area contributed by atoms with Crippen molar-refractivity contribution in [3.05, 3.63) is 11.7 Å². The SMILES string of the molecule is CC(C)C1CN(Cc2noc(C(C)(C)C)n2)CCC(=O)N1CC1CC1. The summed E-state index contributed by atoms with van der Waals surface area (Å²) in [6, 6.07) is 0.268. The predicted molar refractivity (Wildman–Crippen MR) is 96.0 cm³/mol. The van der Waals surface area contributed by atoms with Gasteiger partial charge in [0.25, 0.3) is 0 Å². The van der Waals surface area contributed by atoms with Crippen molar-refractivity contribution in [2.75, 3.05) is 19.6 Å². The highest BCUT2D eigenvalue weighted by atomic mass is 16.5. The first-order valence-corrected chi connectivity index (χ1v) is 9.59. The molecule has 3 rings (SSSR count). The molecule has 0 bridgehead atoms. The quantitative estimate of drug-likeness (QED) is 0.819. The molecule has 1 aromatic heterocycles. The minimum atomic E-state index is -0.137. The summed E-state index contributed by atoms with van der Waals surface area (Å²) in [5.41, 5.74) is -0.137. The van der Waals surface area contributed by atoms with E-state index in [1.165, 1.54) is 12.8 Å². The van der Waals surface area contributed by atoms with Gasteiger partial charge in [-0.05, 0) is 24.7 Å². The van der Waals surface area contributed by atoms with Gasteiger partial charge in [-0.25, -0.2) is 0 Å². The fourth-order valence-electron chi connectivity index (χ4n) is 3.39. The smallest absolute Gasteiger partial charge is 0.232 e. The van der Waals surface area contributed by atoms with Crippen LogP contribution in [0.3, 0.4) is 0 Å². The molecule has 2 fully saturated rings. The van der Waals surface area contributed by atoms with E-state index in [0.717, 1.165) is 31.4 Å². The van der Waals surface area contributed by atoms with Crippen molar-refractivity contribution in [2.45, 2.75) is 71.9 Å². The Balaban J connectivity index is 1.69. The molecule has 1 amide bonds. The van der Waals surface area contributed by atoms with Crippen LogP contribution in [0.15, 0.2) is 4.52 Å². The van der Waals surface area contributed by atoms with Crippen molar-refractivity contribution in [3.63, 3.8) is 0 Å². The fourth-order valence-corrected chi connectivity index (χ4v) is 3.39. The van der Waals surface area contributed by atoms with Crippen LogP contribution in [-0.2, 0) is 16.8 Å². The Morgan fingerprint density at radius 1 is 1.28 bits per heavy atom. The standard InChI is InChI=1S/C19H32N4O2/c1-13(2)15-11-22(9-8-17(24)23(15)10-14-6-7-14)12-16-20-18(25-21-16)19(3,4)5/h13-15H,6-12H2,1-5H3. The van der Waals surface area contributed by atoms with Crippen LogP contribution in [0, 0.1) is 11.8 Å². The lowest BCUT2D eigenvalue weighted by Crippen LogP contribution is -2.47. The number of rotatable bonds is 5. The normalized spacial score (nSPS) is 23.4. The first-order valence-electron chi connectivity index (χ1n) is 9.59. The van der Waals surface area contributed by atoms with E-state index in [1.54, 1.807) is 0 Å². The summed E-state index contributed by atoms with van der Waals surface area (Å²) in [4.78, 5) is 21.7. The summed E-state index contributed by atoms with van der Waals surface area (Å²) < 4.78 is 5.41. The lowest BCUT2D eigenvalue weighted by molar-refractivity contribution is -0.133. The third-order valence-corrected chi connectivity index (χ3v) is 5.20. The molecule has 1 aromatic rings. The monoisotopic (exact) mass is 348 g/mol. The van der Waals surface area contributed by atoms with E-state index in [1.807, 2.05) is 0 Å². The van der Waals surface area contributed by atoms with Crippen molar-refractivity contribution in [1.29, 1.82) is 0 Å². The summed E-state index contributed by atoms with van der Waals surface area (Å²) >= 11 is 0.